The highest BCUT2D eigenvalue weighted by Gasteiger charge is 2.46. The van der Waals surface area contributed by atoms with Crippen LogP contribution in [0.2, 0.25) is 0 Å². The molecule has 2 atom stereocenters. The lowest BCUT2D eigenvalue weighted by atomic mass is 9.67. The topological polar surface area (TPSA) is 29.5 Å². The van der Waals surface area contributed by atoms with Crippen molar-refractivity contribution in [3.05, 3.63) is 0 Å². The second kappa shape index (κ2) is 5.27. The molecule has 0 aromatic rings. The van der Waals surface area contributed by atoms with Crippen LogP contribution in [0.4, 0.5) is 0 Å². The quantitative estimate of drug-likeness (QED) is 0.743. The molecule has 1 aliphatic heterocycles. The van der Waals surface area contributed by atoms with Gasteiger partial charge in [0.05, 0.1) is 11.2 Å². The summed E-state index contributed by atoms with van der Waals surface area (Å²) in [5, 5.41) is 10.7. The van der Waals surface area contributed by atoms with Crippen LogP contribution in [0.5, 0.6) is 0 Å². The molecule has 0 aromatic carbocycles. The van der Waals surface area contributed by atoms with Crippen molar-refractivity contribution in [1.82, 2.24) is 0 Å². The molecule has 0 amide bonds. The molecule has 100 valence electrons. The van der Waals surface area contributed by atoms with Gasteiger partial charge in [-0.25, -0.2) is 0 Å². The zero-order valence-electron chi connectivity index (χ0n) is 11.5. The molecule has 2 aliphatic rings. The molecule has 1 aliphatic carbocycles. The van der Waals surface area contributed by atoms with Gasteiger partial charge in [0.2, 0.25) is 0 Å². The number of rotatable bonds is 5. The van der Waals surface area contributed by atoms with E-state index in [0.717, 1.165) is 32.3 Å². The first-order valence-electron chi connectivity index (χ1n) is 7.44. The maximum Gasteiger partial charge on any atom is 0.0686 e. The molecule has 0 radical (unpaired) electrons. The lowest BCUT2D eigenvalue weighted by Crippen LogP contribution is -2.50. The van der Waals surface area contributed by atoms with Gasteiger partial charge in [0, 0.05) is 6.61 Å². The highest BCUT2D eigenvalue weighted by Crippen LogP contribution is 2.47. The summed E-state index contributed by atoms with van der Waals surface area (Å²) in [6.45, 7) is 5.12. The van der Waals surface area contributed by atoms with Crippen LogP contribution in [-0.2, 0) is 4.74 Å². The summed E-state index contributed by atoms with van der Waals surface area (Å²) in [5.74, 6) is 0.452. The van der Waals surface area contributed by atoms with E-state index in [1.54, 1.807) is 0 Å². The molecule has 0 bridgehead atoms. The maximum absolute atomic E-state index is 10.7. The van der Waals surface area contributed by atoms with E-state index in [4.69, 9.17) is 4.74 Å². The molecular formula is C15H28O2. The molecule has 2 unspecified atom stereocenters. The number of aliphatic hydroxyl groups is 1. The Morgan fingerprint density at radius 1 is 1.35 bits per heavy atom. The maximum atomic E-state index is 10.7. The molecule has 2 fully saturated rings. The molecule has 2 nitrogen and oxygen atoms in total. The van der Waals surface area contributed by atoms with Crippen molar-refractivity contribution in [2.24, 2.45) is 5.92 Å². The Labute approximate surface area is 106 Å². The normalized spacial score (nSPS) is 30.9. The summed E-state index contributed by atoms with van der Waals surface area (Å²) in [7, 11) is 0. The van der Waals surface area contributed by atoms with Gasteiger partial charge in [-0.2, -0.15) is 0 Å². The SMILES string of the molecule is CCCCCC(C)(O)C1CCOC2(CCC2)C1. The van der Waals surface area contributed by atoms with Crippen LogP contribution >= 0.6 is 0 Å². The van der Waals surface area contributed by atoms with Gasteiger partial charge in [0.15, 0.2) is 0 Å². The van der Waals surface area contributed by atoms with E-state index < -0.39 is 5.60 Å². The van der Waals surface area contributed by atoms with Crippen LogP contribution < -0.4 is 0 Å². The van der Waals surface area contributed by atoms with E-state index in [1.165, 1.54) is 32.1 Å². The summed E-state index contributed by atoms with van der Waals surface area (Å²) in [5.41, 5.74) is -0.306. The van der Waals surface area contributed by atoms with Crippen molar-refractivity contribution in [2.75, 3.05) is 6.61 Å². The molecule has 1 N–H and O–H groups in total. The average molecular weight is 240 g/mol. The van der Waals surface area contributed by atoms with Crippen LogP contribution in [-0.4, -0.2) is 22.9 Å². The van der Waals surface area contributed by atoms with Crippen molar-refractivity contribution >= 4 is 0 Å². The molecular weight excluding hydrogens is 212 g/mol. The molecule has 2 rings (SSSR count). The van der Waals surface area contributed by atoms with Crippen LogP contribution in [0, 0.1) is 5.92 Å². The predicted molar refractivity (Wildman–Crippen MR) is 70.0 cm³/mol. The van der Waals surface area contributed by atoms with E-state index in [2.05, 4.69) is 6.92 Å². The van der Waals surface area contributed by atoms with E-state index in [0.29, 0.717) is 5.92 Å². The molecule has 1 saturated heterocycles. The lowest BCUT2D eigenvalue weighted by Gasteiger charge is -2.50. The third kappa shape index (κ3) is 3.03. The van der Waals surface area contributed by atoms with Crippen molar-refractivity contribution in [1.29, 1.82) is 0 Å². The van der Waals surface area contributed by atoms with Crippen LogP contribution in [0.25, 0.3) is 0 Å². The molecule has 17 heavy (non-hydrogen) atoms. The molecule has 0 aromatic heterocycles. The van der Waals surface area contributed by atoms with Crippen LogP contribution in [0.3, 0.4) is 0 Å². The summed E-state index contributed by atoms with van der Waals surface area (Å²) in [4.78, 5) is 0. The highest BCUT2D eigenvalue weighted by molar-refractivity contribution is 4.98. The zero-order chi connectivity index (χ0) is 12.4. The van der Waals surface area contributed by atoms with Crippen LogP contribution in [0.1, 0.15) is 71.6 Å². The number of hydrogen-bond donors (Lipinski definition) is 1. The van der Waals surface area contributed by atoms with Gasteiger partial charge in [0.1, 0.15) is 0 Å². The minimum absolute atomic E-state index is 0.164. The van der Waals surface area contributed by atoms with Gasteiger partial charge in [-0.15, -0.1) is 0 Å². The summed E-state index contributed by atoms with van der Waals surface area (Å²) in [6, 6.07) is 0. The van der Waals surface area contributed by atoms with Crippen LogP contribution in [0.15, 0.2) is 0 Å². The zero-order valence-corrected chi connectivity index (χ0v) is 11.5. The van der Waals surface area contributed by atoms with E-state index in [1.807, 2.05) is 6.92 Å². The first-order valence-corrected chi connectivity index (χ1v) is 7.44. The first-order chi connectivity index (χ1) is 8.08. The Hall–Kier alpha value is -0.0800. The van der Waals surface area contributed by atoms with Gasteiger partial charge in [-0.05, 0) is 51.4 Å². The lowest BCUT2D eigenvalue weighted by molar-refractivity contribution is -0.173. The minimum Gasteiger partial charge on any atom is -0.390 e. The Morgan fingerprint density at radius 3 is 2.71 bits per heavy atom. The largest absolute Gasteiger partial charge is 0.390 e. The highest BCUT2D eigenvalue weighted by atomic mass is 16.5. The van der Waals surface area contributed by atoms with E-state index in [9.17, 15) is 5.11 Å². The Balaban J connectivity index is 1.86. The monoisotopic (exact) mass is 240 g/mol. The van der Waals surface area contributed by atoms with Gasteiger partial charge < -0.3 is 9.84 Å². The molecule has 2 heteroatoms. The molecule has 1 spiro atoms. The Morgan fingerprint density at radius 2 is 2.12 bits per heavy atom. The van der Waals surface area contributed by atoms with Crippen molar-refractivity contribution < 1.29 is 9.84 Å². The van der Waals surface area contributed by atoms with Gasteiger partial charge in [0.25, 0.3) is 0 Å². The Bertz CT molecular complexity index is 243. The third-order valence-electron chi connectivity index (χ3n) is 4.92. The number of ether oxygens (including phenoxy) is 1. The summed E-state index contributed by atoms with van der Waals surface area (Å²) >= 11 is 0. The average Bonchev–Trinajstić information content (AvgIpc) is 2.27. The number of hydrogen-bond acceptors (Lipinski definition) is 2. The van der Waals surface area contributed by atoms with Gasteiger partial charge >= 0.3 is 0 Å². The summed E-state index contributed by atoms with van der Waals surface area (Å²) in [6.07, 6.45) is 10.5. The second-order valence-electron chi connectivity index (χ2n) is 6.39. The standard InChI is InChI=1S/C15H28O2/c1-3-4-5-8-14(2,16)13-7-11-17-15(12-13)9-6-10-15/h13,16H,3-12H2,1-2H3. The van der Waals surface area contributed by atoms with Gasteiger partial charge in [-0.1, -0.05) is 26.2 Å². The van der Waals surface area contributed by atoms with Crippen molar-refractivity contribution in [3.63, 3.8) is 0 Å². The van der Waals surface area contributed by atoms with E-state index in [-0.39, 0.29) is 5.60 Å². The fraction of sp³-hybridized carbons (Fsp3) is 1.00. The Kier molecular flexibility index (Phi) is 4.14. The fourth-order valence-electron chi connectivity index (χ4n) is 3.42. The molecule has 1 saturated carbocycles. The fourth-order valence-corrected chi connectivity index (χ4v) is 3.42. The smallest absolute Gasteiger partial charge is 0.0686 e. The predicted octanol–water partition coefficient (Wildman–Crippen LogP) is 3.67. The first kappa shape index (κ1) is 13.4. The second-order valence-corrected chi connectivity index (χ2v) is 6.39. The third-order valence-corrected chi connectivity index (χ3v) is 4.92. The number of unbranched alkanes of at least 4 members (excludes halogenated alkanes) is 2. The minimum atomic E-state index is -0.471. The summed E-state index contributed by atoms with van der Waals surface area (Å²) < 4.78 is 5.94. The van der Waals surface area contributed by atoms with Gasteiger partial charge in [-0.3, -0.25) is 0 Å². The molecule has 1 heterocycles. The van der Waals surface area contributed by atoms with E-state index >= 15 is 0 Å². The van der Waals surface area contributed by atoms with Crippen molar-refractivity contribution in [3.8, 4) is 0 Å². The van der Waals surface area contributed by atoms with Crippen molar-refractivity contribution in [2.45, 2.75) is 82.8 Å².